The Hall–Kier alpha value is -3.34. The average molecular weight is 442 g/mol. The number of benzene rings is 1. The van der Waals surface area contributed by atoms with E-state index in [2.05, 4.69) is 25.7 Å². The van der Waals surface area contributed by atoms with Crippen molar-refractivity contribution >= 4 is 34.7 Å². The Morgan fingerprint density at radius 1 is 1.13 bits per heavy atom. The summed E-state index contributed by atoms with van der Waals surface area (Å²) in [5.74, 6) is 2.27. The number of aromatic nitrogens is 4. The summed E-state index contributed by atoms with van der Waals surface area (Å²) in [5.41, 5.74) is 0.872. The number of nitrogens with one attached hydrogen (secondary N) is 3. The first kappa shape index (κ1) is 20.9. The maximum atomic E-state index is 12.4. The molecular formula is C20H23N7O3S. The zero-order valence-corrected chi connectivity index (χ0v) is 17.7. The molecule has 3 heterocycles. The number of fused-ring (bicyclic) bond motifs is 1. The number of thioether (sulfide) groups is 1. The molecule has 162 valence electrons. The van der Waals surface area contributed by atoms with Crippen molar-refractivity contribution in [3.63, 3.8) is 0 Å². The van der Waals surface area contributed by atoms with Gasteiger partial charge < -0.3 is 20.5 Å². The zero-order chi connectivity index (χ0) is 21.6. The van der Waals surface area contributed by atoms with Gasteiger partial charge >= 0.3 is 6.03 Å². The standard InChI is InChI=1S/C20H23N7O3S/c28-17(26-8-10-31-11-9-26)6-7-21-20(30)22-13-16-24-18-15(19(29)25-16)12-23-27(18)14-4-2-1-3-5-14/h1-5,12H,6-11,13H2,(H2,21,22,30)(H,24,25,29). The molecule has 10 nitrogen and oxygen atoms in total. The van der Waals surface area contributed by atoms with Gasteiger partial charge in [-0.3, -0.25) is 9.59 Å². The molecule has 1 aliphatic heterocycles. The molecule has 31 heavy (non-hydrogen) atoms. The Morgan fingerprint density at radius 2 is 1.90 bits per heavy atom. The number of amides is 3. The lowest BCUT2D eigenvalue weighted by Gasteiger charge is -2.26. The predicted molar refractivity (Wildman–Crippen MR) is 118 cm³/mol. The molecule has 0 atom stereocenters. The molecule has 1 fully saturated rings. The third-order valence-corrected chi connectivity index (χ3v) is 5.84. The van der Waals surface area contributed by atoms with Gasteiger partial charge in [0.2, 0.25) is 5.91 Å². The number of rotatable bonds is 6. The number of aromatic amines is 1. The molecule has 0 radical (unpaired) electrons. The first-order chi connectivity index (χ1) is 15.1. The maximum absolute atomic E-state index is 12.4. The summed E-state index contributed by atoms with van der Waals surface area (Å²) in [6.07, 6.45) is 1.73. The van der Waals surface area contributed by atoms with E-state index in [9.17, 15) is 14.4 Å². The monoisotopic (exact) mass is 441 g/mol. The van der Waals surface area contributed by atoms with Gasteiger partial charge in [0.05, 0.1) is 18.4 Å². The lowest BCUT2D eigenvalue weighted by molar-refractivity contribution is -0.130. The highest BCUT2D eigenvalue weighted by molar-refractivity contribution is 7.99. The van der Waals surface area contributed by atoms with Crippen molar-refractivity contribution in [3.8, 4) is 5.69 Å². The molecule has 0 aliphatic carbocycles. The number of nitrogens with zero attached hydrogens (tertiary/aromatic N) is 4. The van der Waals surface area contributed by atoms with E-state index in [0.29, 0.717) is 16.9 Å². The van der Waals surface area contributed by atoms with Gasteiger partial charge in [-0.1, -0.05) is 18.2 Å². The number of para-hydroxylation sites is 1. The Bertz CT molecular complexity index is 1120. The van der Waals surface area contributed by atoms with Crippen LogP contribution in [0.5, 0.6) is 0 Å². The van der Waals surface area contributed by atoms with Gasteiger partial charge in [-0.05, 0) is 12.1 Å². The minimum Gasteiger partial charge on any atom is -0.341 e. The first-order valence-electron chi connectivity index (χ1n) is 10.0. The predicted octanol–water partition coefficient (Wildman–Crippen LogP) is 0.873. The molecule has 3 aromatic rings. The number of carbonyl (C=O) groups excluding carboxylic acids is 2. The van der Waals surface area contributed by atoms with Crippen LogP contribution in [0.3, 0.4) is 0 Å². The lowest BCUT2D eigenvalue weighted by Crippen LogP contribution is -2.41. The summed E-state index contributed by atoms with van der Waals surface area (Å²) in [6.45, 7) is 1.81. The molecule has 0 bridgehead atoms. The van der Waals surface area contributed by atoms with E-state index in [-0.39, 0.29) is 31.0 Å². The number of urea groups is 1. The summed E-state index contributed by atoms with van der Waals surface area (Å²) in [5, 5.41) is 9.94. The second-order valence-corrected chi connectivity index (χ2v) is 8.22. The van der Waals surface area contributed by atoms with Crippen molar-refractivity contribution in [2.45, 2.75) is 13.0 Å². The summed E-state index contributed by atoms with van der Waals surface area (Å²) < 4.78 is 1.58. The van der Waals surface area contributed by atoms with Crippen LogP contribution in [0.1, 0.15) is 12.2 Å². The number of hydrogen-bond acceptors (Lipinski definition) is 6. The van der Waals surface area contributed by atoms with E-state index in [4.69, 9.17) is 0 Å². The molecule has 0 unspecified atom stereocenters. The van der Waals surface area contributed by atoms with Crippen LogP contribution in [0.25, 0.3) is 16.7 Å². The van der Waals surface area contributed by atoms with Crippen molar-refractivity contribution in [3.05, 3.63) is 52.7 Å². The van der Waals surface area contributed by atoms with Crippen LogP contribution in [-0.2, 0) is 11.3 Å². The van der Waals surface area contributed by atoms with Crippen molar-refractivity contribution in [2.24, 2.45) is 0 Å². The molecule has 3 N–H and O–H groups in total. The van der Waals surface area contributed by atoms with Crippen molar-refractivity contribution in [2.75, 3.05) is 31.1 Å². The van der Waals surface area contributed by atoms with E-state index < -0.39 is 6.03 Å². The van der Waals surface area contributed by atoms with Crippen LogP contribution in [0.15, 0.2) is 41.3 Å². The Balaban J connectivity index is 1.34. The Morgan fingerprint density at radius 3 is 2.68 bits per heavy atom. The fraction of sp³-hybridized carbons (Fsp3) is 0.350. The maximum Gasteiger partial charge on any atom is 0.315 e. The Kier molecular flexibility index (Phi) is 6.51. The third kappa shape index (κ3) is 5.05. The third-order valence-electron chi connectivity index (χ3n) is 4.89. The zero-order valence-electron chi connectivity index (χ0n) is 16.8. The molecule has 4 rings (SSSR count). The van der Waals surface area contributed by atoms with Crippen molar-refractivity contribution in [1.29, 1.82) is 0 Å². The smallest absolute Gasteiger partial charge is 0.315 e. The molecule has 1 aliphatic rings. The van der Waals surface area contributed by atoms with Crippen molar-refractivity contribution < 1.29 is 9.59 Å². The highest BCUT2D eigenvalue weighted by atomic mass is 32.2. The summed E-state index contributed by atoms with van der Waals surface area (Å²) >= 11 is 1.84. The van der Waals surface area contributed by atoms with Crippen LogP contribution in [-0.4, -0.2) is 67.7 Å². The summed E-state index contributed by atoms with van der Waals surface area (Å²) in [4.78, 5) is 45.5. The minimum absolute atomic E-state index is 0.0360. The van der Waals surface area contributed by atoms with Gasteiger partial charge in [0.15, 0.2) is 5.65 Å². The minimum atomic E-state index is -0.429. The molecule has 0 spiro atoms. The molecule has 11 heteroatoms. The van der Waals surface area contributed by atoms with Crippen LogP contribution < -0.4 is 16.2 Å². The number of hydrogen-bond donors (Lipinski definition) is 3. The molecule has 2 aromatic heterocycles. The highest BCUT2D eigenvalue weighted by Gasteiger charge is 2.16. The van der Waals surface area contributed by atoms with Crippen molar-refractivity contribution in [1.82, 2.24) is 35.3 Å². The van der Waals surface area contributed by atoms with E-state index in [1.54, 1.807) is 4.68 Å². The molecule has 0 saturated carbocycles. The first-order valence-corrected chi connectivity index (χ1v) is 11.2. The van der Waals surface area contributed by atoms with Crippen LogP contribution in [0.2, 0.25) is 0 Å². The van der Waals surface area contributed by atoms with E-state index >= 15 is 0 Å². The van der Waals surface area contributed by atoms with E-state index in [0.717, 1.165) is 30.3 Å². The summed E-state index contributed by atoms with van der Waals surface area (Å²) in [6, 6.07) is 8.94. The molecule has 1 aromatic carbocycles. The van der Waals surface area contributed by atoms with Gasteiger partial charge in [0.1, 0.15) is 11.2 Å². The summed E-state index contributed by atoms with van der Waals surface area (Å²) in [7, 11) is 0. The van der Waals surface area contributed by atoms with Gasteiger partial charge in [-0.15, -0.1) is 0 Å². The lowest BCUT2D eigenvalue weighted by atomic mass is 10.3. The normalized spacial score (nSPS) is 13.9. The van der Waals surface area contributed by atoms with Gasteiger partial charge in [-0.25, -0.2) is 14.5 Å². The quantitative estimate of drug-likeness (QED) is 0.521. The highest BCUT2D eigenvalue weighted by Crippen LogP contribution is 2.13. The second-order valence-electron chi connectivity index (χ2n) is 6.99. The Labute approximate surface area is 182 Å². The van der Waals surface area contributed by atoms with E-state index in [1.165, 1.54) is 6.20 Å². The van der Waals surface area contributed by atoms with Crippen LogP contribution >= 0.6 is 11.8 Å². The second kappa shape index (κ2) is 9.65. The average Bonchev–Trinajstić information content (AvgIpc) is 3.23. The topological polar surface area (TPSA) is 125 Å². The fourth-order valence-electron chi connectivity index (χ4n) is 3.29. The molecule has 3 amide bonds. The van der Waals surface area contributed by atoms with Crippen LogP contribution in [0.4, 0.5) is 4.79 Å². The molecular weight excluding hydrogens is 418 g/mol. The van der Waals surface area contributed by atoms with Gasteiger partial charge in [0.25, 0.3) is 5.56 Å². The van der Waals surface area contributed by atoms with E-state index in [1.807, 2.05) is 47.0 Å². The SMILES string of the molecule is O=C(NCCC(=O)N1CCSCC1)NCc1nc2c(cnn2-c2ccccc2)c(=O)[nH]1. The molecule has 1 saturated heterocycles. The largest absolute Gasteiger partial charge is 0.341 e. The van der Waals surface area contributed by atoms with Gasteiger partial charge in [0, 0.05) is 37.6 Å². The van der Waals surface area contributed by atoms with Gasteiger partial charge in [-0.2, -0.15) is 16.9 Å². The number of H-pyrrole nitrogens is 1. The van der Waals surface area contributed by atoms with Crippen LogP contribution in [0, 0.1) is 0 Å². The fourth-order valence-corrected chi connectivity index (χ4v) is 4.19. The number of carbonyl (C=O) groups is 2.